The molecule has 2 aromatic rings. The number of ether oxygens (including phenoxy) is 2. The van der Waals surface area contributed by atoms with Crippen LogP contribution in [-0.2, 0) is 24.6 Å². The molecule has 2 heterocycles. The summed E-state index contributed by atoms with van der Waals surface area (Å²) in [4.78, 5) is 21.6. The van der Waals surface area contributed by atoms with Gasteiger partial charge >= 0.3 is 12.1 Å². The number of benzene rings is 2. The minimum absolute atomic E-state index is 0.0765. The average molecular weight is 476 g/mol. The van der Waals surface area contributed by atoms with Crippen molar-refractivity contribution >= 4 is 11.8 Å². The van der Waals surface area contributed by atoms with Crippen molar-refractivity contribution in [2.45, 2.75) is 50.0 Å². The number of amidine groups is 1. The van der Waals surface area contributed by atoms with Gasteiger partial charge in [-0.3, -0.25) is 4.99 Å². The van der Waals surface area contributed by atoms with Crippen LogP contribution >= 0.6 is 0 Å². The Bertz CT molecular complexity index is 994. The van der Waals surface area contributed by atoms with Crippen molar-refractivity contribution < 1.29 is 32.3 Å². The molecule has 0 spiro atoms. The smallest absolute Gasteiger partial charge is 0.376 e. The third-order valence-corrected chi connectivity index (χ3v) is 6.08. The van der Waals surface area contributed by atoms with Crippen LogP contribution in [0.4, 0.5) is 13.2 Å². The van der Waals surface area contributed by atoms with E-state index in [9.17, 15) is 18.0 Å². The predicted molar refractivity (Wildman–Crippen MR) is 119 cm³/mol. The lowest BCUT2D eigenvalue weighted by molar-refractivity contribution is -0.232. The van der Waals surface area contributed by atoms with Crippen LogP contribution in [0.15, 0.2) is 65.7 Å². The maximum absolute atomic E-state index is 13.2. The summed E-state index contributed by atoms with van der Waals surface area (Å²) < 4.78 is 51.0. The molecule has 3 unspecified atom stereocenters. The van der Waals surface area contributed by atoms with Crippen molar-refractivity contribution in [1.29, 1.82) is 0 Å². The third kappa shape index (κ3) is 5.26. The van der Waals surface area contributed by atoms with Gasteiger partial charge in [0.1, 0.15) is 18.2 Å². The molecule has 1 fully saturated rings. The number of nitrogens with zero attached hydrogens (tertiary/aromatic N) is 2. The van der Waals surface area contributed by atoms with E-state index in [0.717, 1.165) is 29.9 Å². The molecule has 2 aliphatic heterocycles. The van der Waals surface area contributed by atoms with Gasteiger partial charge in [-0.1, -0.05) is 60.7 Å². The van der Waals surface area contributed by atoms with Crippen molar-refractivity contribution in [3.8, 4) is 0 Å². The SMILES string of the molecule is CC1(c2ccccc2)N=C(COCC2CCCCO2)N(OC(=O)C(F)(F)F)C1c1ccccc1. The van der Waals surface area contributed by atoms with Crippen molar-refractivity contribution in [3.63, 3.8) is 0 Å². The number of alkyl halides is 3. The highest BCUT2D eigenvalue weighted by atomic mass is 19.4. The molecule has 3 atom stereocenters. The van der Waals surface area contributed by atoms with Gasteiger partial charge in [0, 0.05) is 6.61 Å². The lowest BCUT2D eigenvalue weighted by atomic mass is 9.82. The number of carbonyl (C=O) groups is 1. The Hall–Kier alpha value is -2.91. The van der Waals surface area contributed by atoms with Crippen LogP contribution in [0, 0.1) is 0 Å². The van der Waals surface area contributed by atoms with Gasteiger partial charge in [-0.25, -0.2) is 4.79 Å². The van der Waals surface area contributed by atoms with Crippen molar-refractivity contribution in [3.05, 3.63) is 71.8 Å². The molecule has 0 amide bonds. The Labute approximate surface area is 196 Å². The largest absolute Gasteiger partial charge is 0.493 e. The first-order chi connectivity index (χ1) is 16.3. The minimum Gasteiger partial charge on any atom is -0.376 e. The van der Waals surface area contributed by atoms with Gasteiger partial charge in [0.15, 0.2) is 5.84 Å². The highest BCUT2D eigenvalue weighted by molar-refractivity contribution is 5.88. The molecule has 6 nitrogen and oxygen atoms in total. The second-order valence-corrected chi connectivity index (χ2v) is 8.56. The highest BCUT2D eigenvalue weighted by Crippen LogP contribution is 2.47. The summed E-state index contributed by atoms with van der Waals surface area (Å²) in [5.74, 6) is -2.21. The van der Waals surface area contributed by atoms with E-state index < -0.39 is 23.7 Å². The van der Waals surface area contributed by atoms with E-state index in [4.69, 9.17) is 19.3 Å². The standard InChI is InChI=1S/C25H27F3N2O4/c1-24(19-12-6-3-7-13-19)22(18-10-4-2-5-11-18)30(34-23(31)25(26,27)28)21(29-24)17-32-16-20-14-8-9-15-33-20/h2-7,10-13,20,22H,8-9,14-17H2,1H3. The summed E-state index contributed by atoms with van der Waals surface area (Å²) in [5, 5.41) is 0.958. The van der Waals surface area contributed by atoms with Crippen LogP contribution in [0.2, 0.25) is 0 Å². The average Bonchev–Trinajstić information content (AvgIpc) is 3.12. The Morgan fingerprint density at radius 1 is 1.12 bits per heavy atom. The van der Waals surface area contributed by atoms with Gasteiger partial charge in [-0.05, 0) is 37.3 Å². The molecule has 0 radical (unpaired) electrons. The van der Waals surface area contributed by atoms with Gasteiger partial charge in [0.05, 0.1) is 12.7 Å². The van der Waals surface area contributed by atoms with Gasteiger partial charge in [0.25, 0.3) is 0 Å². The van der Waals surface area contributed by atoms with Crippen LogP contribution in [0.1, 0.15) is 43.4 Å². The molecule has 34 heavy (non-hydrogen) atoms. The Morgan fingerprint density at radius 3 is 2.41 bits per heavy atom. The Morgan fingerprint density at radius 2 is 1.79 bits per heavy atom. The third-order valence-electron chi connectivity index (χ3n) is 6.08. The molecule has 1 saturated heterocycles. The van der Waals surface area contributed by atoms with Gasteiger partial charge in [-0.15, -0.1) is 0 Å². The maximum atomic E-state index is 13.2. The lowest BCUT2D eigenvalue weighted by Gasteiger charge is -2.34. The zero-order valence-electron chi connectivity index (χ0n) is 18.8. The van der Waals surface area contributed by atoms with Crippen molar-refractivity contribution in [2.24, 2.45) is 4.99 Å². The van der Waals surface area contributed by atoms with Crippen LogP contribution in [0.25, 0.3) is 0 Å². The van der Waals surface area contributed by atoms with Crippen LogP contribution in [-0.4, -0.2) is 49.0 Å². The zero-order valence-corrected chi connectivity index (χ0v) is 18.8. The van der Waals surface area contributed by atoms with Crippen LogP contribution in [0.3, 0.4) is 0 Å². The fraction of sp³-hybridized carbons (Fsp3) is 0.440. The second-order valence-electron chi connectivity index (χ2n) is 8.56. The van der Waals surface area contributed by atoms with E-state index in [1.165, 1.54) is 0 Å². The fourth-order valence-corrected chi connectivity index (χ4v) is 4.41. The Balaban J connectivity index is 1.68. The highest BCUT2D eigenvalue weighted by Gasteiger charge is 2.52. The monoisotopic (exact) mass is 476 g/mol. The van der Waals surface area contributed by atoms with E-state index in [2.05, 4.69) is 0 Å². The number of hydroxylamine groups is 2. The normalized spacial score (nSPS) is 25.2. The maximum Gasteiger partial charge on any atom is 0.493 e. The molecular weight excluding hydrogens is 449 g/mol. The van der Waals surface area contributed by atoms with Crippen LogP contribution in [0.5, 0.6) is 0 Å². The molecule has 0 bridgehead atoms. The number of aliphatic imine (C=N–C) groups is 1. The molecule has 4 rings (SSSR count). The lowest BCUT2D eigenvalue weighted by Crippen LogP contribution is -2.42. The second kappa shape index (κ2) is 10.1. The summed E-state index contributed by atoms with van der Waals surface area (Å²) in [7, 11) is 0. The van der Waals surface area contributed by atoms with E-state index >= 15 is 0 Å². The fourth-order valence-electron chi connectivity index (χ4n) is 4.41. The van der Waals surface area contributed by atoms with Crippen LogP contribution < -0.4 is 0 Å². The first-order valence-corrected chi connectivity index (χ1v) is 11.3. The van der Waals surface area contributed by atoms with E-state index in [-0.39, 0.29) is 25.2 Å². The van der Waals surface area contributed by atoms with Gasteiger partial charge in [-0.2, -0.15) is 18.2 Å². The number of carbonyl (C=O) groups excluding carboxylic acids is 1. The molecular formula is C25H27F3N2O4. The summed E-state index contributed by atoms with van der Waals surface area (Å²) in [6, 6.07) is 17.3. The van der Waals surface area contributed by atoms with Crippen molar-refractivity contribution in [2.75, 3.05) is 19.8 Å². The summed E-state index contributed by atoms with van der Waals surface area (Å²) in [6.45, 7) is 2.62. The number of rotatable bonds is 7. The molecule has 9 heteroatoms. The molecule has 0 aliphatic carbocycles. The molecule has 0 saturated carbocycles. The molecule has 0 aromatic heterocycles. The molecule has 2 aromatic carbocycles. The van der Waals surface area contributed by atoms with Gasteiger partial charge < -0.3 is 14.3 Å². The van der Waals surface area contributed by atoms with E-state index in [1.54, 1.807) is 30.3 Å². The molecule has 0 N–H and O–H groups in total. The van der Waals surface area contributed by atoms with Crippen molar-refractivity contribution in [1.82, 2.24) is 5.06 Å². The Kier molecular flexibility index (Phi) is 7.23. The van der Waals surface area contributed by atoms with E-state index in [1.807, 2.05) is 37.3 Å². The molecule has 182 valence electrons. The zero-order chi connectivity index (χ0) is 24.2. The summed E-state index contributed by atoms with van der Waals surface area (Å²) >= 11 is 0. The van der Waals surface area contributed by atoms with E-state index in [0.29, 0.717) is 12.2 Å². The summed E-state index contributed by atoms with van der Waals surface area (Å²) in [6.07, 6.45) is -2.35. The number of hydrogen-bond donors (Lipinski definition) is 0. The quantitative estimate of drug-likeness (QED) is 0.565. The number of hydrogen-bond acceptors (Lipinski definition) is 6. The minimum atomic E-state index is -5.16. The van der Waals surface area contributed by atoms with Gasteiger partial charge in [0.2, 0.25) is 0 Å². The predicted octanol–water partition coefficient (Wildman–Crippen LogP) is 4.96. The molecule has 2 aliphatic rings. The number of halogens is 3. The first-order valence-electron chi connectivity index (χ1n) is 11.3. The topological polar surface area (TPSA) is 60.4 Å². The summed E-state index contributed by atoms with van der Waals surface area (Å²) in [5.41, 5.74) is 0.384. The first kappa shape index (κ1) is 24.2.